The Balaban J connectivity index is 1.38. The number of halogens is 1. The summed E-state index contributed by atoms with van der Waals surface area (Å²) in [6.07, 6.45) is 8.31. The molecule has 0 bridgehead atoms. The normalized spacial score (nSPS) is 21.7. The molecule has 5 heteroatoms. The predicted molar refractivity (Wildman–Crippen MR) is 96.4 cm³/mol. The lowest BCUT2D eigenvalue weighted by atomic mass is 9.94. The van der Waals surface area contributed by atoms with E-state index >= 15 is 0 Å². The summed E-state index contributed by atoms with van der Waals surface area (Å²) in [4.78, 5) is 16.7. The van der Waals surface area contributed by atoms with Crippen molar-refractivity contribution in [3.05, 3.63) is 41.4 Å². The van der Waals surface area contributed by atoms with Crippen molar-refractivity contribution in [1.29, 1.82) is 0 Å². The van der Waals surface area contributed by atoms with Crippen LogP contribution >= 0.6 is 11.6 Å². The van der Waals surface area contributed by atoms with E-state index in [0.717, 1.165) is 38.6 Å². The van der Waals surface area contributed by atoms with Gasteiger partial charge in [0.2, 0.25) is 0 Å². The molecule has 24 heavy (non-hydrogen) atoms. The molecule has 0 spiro atoms. The molecule has 1 aromatic carbocycles. The van der Waals surface area contributed by atoms with Crippen LogP contribution in [-0.2, 0) is 4.79 Å². The van der Waals surface area contributed by atoms with Crippen molar-refractivity contribution < 1.29 is 9.53 Å². The van der Waals surface area contributed by atoms with E-state index in [9.17, 15) is 4.79 Å². The average molecular weight is 349 g/mol. The Morgan fingerprint density at radius 3 is 2.54 bits per heavy atom. The summed E-state index contributed by atoms with van der Waals surface area (Å²) in [7, 11) is 0. The molecule has 130 valence electrons. The Labute approximate surface area is 149 Å². The van der Waals surface area contributed by atoms with Gasteiger partial charge in [-0.25, -0.2) is 0 Å². The van der Waals surface area contributed by atoms with E-state index in [1.165, 1.54) is 19.3 Å². The minimum atomic E-state index is 0.0604. The van der Waals surface area contributed by atoms with Crippen molar-refractivity contribution in [3.63, 3.8) is 0 Å². The molecule has 1 amide bonds. The van der Waals surface area contributed by atoms with E-state index in [-0.39, 0.29) is 12.5 Å². The number of rotatable bonds is 5. The van der Waals surface area contributed by atoms with Gasteiger partial charge in [0.25, 0.3) is 5.91 Å². The summed E-state index contributed by atoms with van der Waals surface area (Å²) in [6.45, 7) is 4.78. The summed E-state index contributed by atoms with van der Waals surface area (Å²) in [6, 6.07) is 7.10. The van der Waals surface area contributed by atoms with Crippen LogP contribution in [-0.4, -0.2) is 55.0 Å². The third-order valence-electron chi connectivity index (χ3n) is 4.80. The van der Waals surface area contributed by atoms with Crippen LogP contribution < -0.4 is 4.74 Å². The minimum absolute atomic E-state index is 0.0604. The van der Waals surface area contributed by atoms with Crippen molar-refractivity contribution >= 4 is 17.5 Å². The van der Waals surface area contributed by atoms with Crippen LogP contribution in [0.4, 0.5) is 0 Å². The van der Waals surface area contributed by atoms with E-state index in [0.29, 0.717) is 10.8 Å². The van der Waals surface area contributed by atoms with Gasteiger partial charge in [0.05, 0.1) is 0 Å². The molecule has 1 aliphatic heterocycles. The number of ether oxygens (including phenoxy) is 1. The molecule has 1 fully saturated rings. The highest BCUT2D eigenvalue weighted by Crippen LogP contribution is 2.20. The zero-order chi connectivity index (χ0) is 16.8. The Morgan fingerprint density at radius 1 is 1.12 bits per heavy atom. The lowest BCUT2D eigenvalue weighted by Gasteiger charge is -2.36. The van der Waals surface area contributed by atoms with Gasteiger partial charge < -0.3 is 9.64 Å². The van der Waals surface area contributed by atoms with Gasteiger partial charge >= 0.3 is 0 Å². The molecule has 1 unspecified atom stereocenters. The summed E-state index contributed by atoms with van der Waals surface area (Å²) in [5.41, 5.74) is 0. The number of hydrogen-bond acceptors (Lipinski definition) is 3. The monoisotopic (exact) mass is 348 g/mol. The van der Waals surface area contributed by atoms with Crippen molar-refractivity contribution in [3.8, 4) is 5.75 Å². The van der Waals surface area contributed by atoms with Crippen molar-refractivity contribution in [2.45, 2.75) is 19.3 Å². The van der Waals surface area contributed by atoms with Gasteiger partial charge in [0.15, 0.2) is 6.61 Å². The third-order valence-corrected chi connectivity index (χ3v) is 5.05. The summed E-state index contributed by atoms with van der Waals surface area (Å²) < 4.78 is 5.55. The van der Waals surface area contributed by atoms with Gasteiger partial charge in [-0.1, -0.05) is 23.8 Å². The molecular formula is C19H25ClN2O2. The molecule has 0 N–H and O–H groups in total. The number of nitrogens with zero attached hydrogens (tertiary/aromatic N) is 2. The quantitative estimate of drug-likeness (QED) is 0.766. The first kappa shape index (κ1) is 17.3. The summed E-state index contributed by atoms with van der Waals surface area (Å²) >= 11 is 5.84. The molecule has 1 heterocycles. The van der Waals surface area contributed by atoms with Gasteiger partial charge in [-0.15, -0.1) is 0 Å². The molecule has 1 aliphatic carbocycles. The van der Waals surface area contributed by atoms with Crippen LogP contribution in [0.3, 0.4) is 0 Å². The first-order valence-corrected chi connectivity index (χ1v) is 9.12. The number of carbonyl (C=O) groups excluding carboxylic acids is 1. The number of carbonyl (C=O) groups is 1. The molecule has 4 nitrogen and oxygen atoms in total. The highest BCUT2D eigenvalue weighted by atomic mass is 35.5. The first-order chi connectivity index (χ1) is 11.7. The number of allylic oxidation sites excluding steroid dienone is 2. The maximum absolute atomic E-state index is 12.3. The van der Waals surface area contributed by atoms with Gasteiger partial charge in [0, 0.05) is 37.7 Å². The Kier molecular flexibility index (Phi) is 6.16. The minimum Gasteiger partial charge on any atom is -0.484 e. The molecule has 1 aromatic rings. The zero-order valence-corrected chi connectivity index (χ0v) is 14.8. The predicted octanol–water partition coefficient (Wildman–Crippen LogP) is 3.22. The largest absolute Gasteiger partial charge is 0.484 e. The second kappa shape index (κ2) is 8.54. The highest BCUT2D eigenvalue weighted by molar-refractivity contribution is 6.30. The van der Waals surface area contributed by atoms with Crippen LogP contribution in [0.15, 0.2) is 36.4 Å². The SMILES string of the molecule is O=C(COc1ccc(Cl)cc1)N1CCN(CC2CC=CCC2)CC1. The fourth-order valence-electron chi connectivity index (χ4n) is 3.33. The van der Waals surface area contributed by atoms with Crippen molar-refractivity contribution in [2.24, 2.45) is 5.92 Å². The fourth-order valence-corrected chi connectivity index (χ4v) is 3.46. The van der Waals surface area contributed by atoms with Gasteiger partial charge in [0.1, 0.15) is 5.75 Å². The van der Waals surface area contributed by atoms with Crippen LogP contribution in [0.1, 0.15) is 19.3 Å². The number of amides is 1. The summed E-state index contributed by atoms with van der Waals surface area (Å²) in [5, 5.41) is 0.665. The standard InChI is InChI=1S/C19H25ClN2O2/c20-17-6-8-18(9-7-17)24-15-19(23)22-12-10-21(11-13-22)14-16-4-2-1-3-5-16/h1-2,6-9,16H,3-5,10-15H2. The van der Waals surface area contributed by atoms with E-state index in [1.54, 1.807) is 24.3 Å². The smallest absolute Gasteiger partial charge is 0.260 e. The van der Waals surface area contributed by atoms with Crippen LogP contribution in [0.25, 0.3) is 0 Å². The van der Waals surface area contributed by atoms with Crippen LogP contribution in [0.2, 0.25) is 5.02 Å². The highest BCUT2D eigenvalue weighted by Gasteiger charge is 2.23. The van der Waals surface area contributed by atoms with E-state index in [4.69, 9.17) is 16.3 Å². The zero-order valence-electron chi connectivity index (χ0n) is 14.0. The number of hydrogen-bond donors (Lipinski definition) is 0. The second-order valence-corrected chi connectivity index (χ2v) is 7.01. The Hall–Kier alpha value is -1.52. The second-order valence-electron chi connectivity index (χ2n) is 6.57. The van der Waals surface area contributed by atoms with Gasteiger partial charge in [-0.05, 0) is 49.4 Å². The lowest BCUT2D eigenvalue weighted by molar-refractivity contribution is -0.135. The van der Waals surface area contributed by atoms with E-state index < -0.39 is 0 Å². The van der Waals surface area contributed by atoms with Crippen LogP contribution in [0, 0.1) is 5.92 Å². The maximum atomic E-state index is 12.3. The molecule has 1 saturated heterocycles. The molecule has 2 aliphatic rings. The molecule has 0 radical (unpaired) electrons. The third kappa shape index (κ3) is 4.99. The first-order valence-electron chi connectivity index (χ1n) is 8.74. The number of benzene rings is 1. The van der Waals surface area contributed by atoms with Crippen molar-refractivity contribution in [1.82, 2.24) is 9.80 Å². The molecule has 1 atom stereocenters. The van der Waals surface area contributed by atoms with Gasteiger partial charge in [-0.2, -0.15) is 0 Å². The van der Waals surface area contributed by atoms with Gasteiger partial charge in [-0.3, -0.25) is 9.69 Å². The maximum Gasteiger partial charge on any atom is 0.260 e. The van der Waals surface area contributed by atoms with Crippen molar-refractivity contribution in [2.75, 3.05) is 39.3 Å². The molecular weight excluding hydrogens is 324 g/mol. The van der Waals surface area contributed by atoms with Crippen LogP contribution in [0.5, 0.6) is 5.75 Å². The van der Waals surface area contributed by atoms with E-state index in [2.05, 4.69) is 17.1 Å². The topological polar surface area (TPSA) is 32.8 Å². The Bertz CT molecular complexity index is 565. The fraction of sp³-hybridized carbons (Fsp3) is 0.526. The average Bonchev–Trinajstić information content (AvgIpc) is 2.62. The Morgan fingerprint density at radius 2 is 1.88 bits per heavy atom. The summed E-state index contributed by atoms with van der Waals surface area (Å²) in [5.74, 6) is 1.52. The lowest BCUT2D eigenvalue weighted by Crippen LogP contribution is -2.50. The molecule has 0 aromatic heterocycles. The number of piperazine rings is 1. The molecule has 0 saturated carbocycles. The molecule has 3 rings (SSSR count). The van der Waals surface area contributed by atoms with E-state index in [1.807, 2.05) is 4.90 Å².